The van der Waals surface area contributed by atoms with Gasteiger partial charge < -0.3 is 24.9 Å². The third kappa shape index (κ3) is 2.00. The molecule has 0 amide bonds. The van der Waals surface area contributed by atoms with Crippen LogP contribution in [0.25, 0.3) is 11.2 Å². The molecule has 3 aromatic rings. The summed E-state index contributed by atoms with van der Waals surface area (Å²) >= 11 is 5.16. The molecule has 1 unspecified atom stereocenters. The number of nitrogens with zero attached hydrogens (tertiary/aromatic N) is 6. The van der Waals surface area contributed by atoms with Crippen molar-refractivity contribution in [1.29, 1.82) is 0 Å². The van der Waals surface area contributed by atoms with Crippen molar-refractivity contribution in [3.8, 4) is 0 Å². The minimum atomic E-state index is -0.769. The Balaban J connectivity index is 1.63. The molecule has 0 aliphatic carbocycles. The van der Waals surface area contributed by atoms with E-state index in [0.717, 1.165) is 11.5 Å². The molecule has 0 aromatic carbocycles. The summed E-state index contributed by atoms with van der Waals surface area (Å²) in [6.07, 6.45) is 5.49. The highest BCUT2D eigenvalue weighted by molar-refractivity contribution is 7.71. The van der Waals surface area contributed by atoms with E-state index in [4.69, 9.17) is 12.2 Å². The second-order valence-electron chi connectivity index (χ2n) is 4.85. The highest BCUT2D eigenvalue weighted by Crippen LogP contribution is 2.30. The zero-order valence-electron chi connectivity index (χ0n) is 11.3. The predicted octanol–water partition coefficient (Wildman–Crippen LogP) is 0.487. The average Bonchev–Trinajstić information content (AvgIpc) is 3.13. The quantitative estimate of drug-likeness (QED) is 0.599. The summed E-state index contributed by atoms with van der Waals surface area (Å²) in [5, 5.41) is 13.7. The summed E-state index contributed by atoms with van der Waals surface area (Å²) in [6, 6.07) is 0. The molecular formula is C12H12N8OS. The lowest BCUT2D eigenvalue weighted by molar-refractivity contribution is 0.152. The summed E-state index contributed by atoms with van der Waals surface area (Å²) < 4.78 is 2.26. The van der Waals surface area contributed by atoms with Gasteiger partial charge in [-0.05, 0) is 0 Å². The van der Waals surface area contributed by atoms with Crippen molar-refractivity contribution in [2.24, 2.45) is 0 Å². The smallest absolute Gasteiger partial charge is 0.163 e. The number of hydrogen-bond donors (Lipinski definition) is 3. The first kappa shape index (κ1) is 13.1. The Morgan fingerprint density at radius 2 is 2.27 bits per heavy atom. The number of hydrogen-bond acceptors (Lipinski definition) is 8. The van der Waals surface area contributed by atoms with Gasteiger partial charge in [0, 0.05) is 0 Å². The van der Waals surface area contributed by atoms with E-state index >= 15 is 0 Å². The Kier molecular flexibility index (Phi) is 2.98. The van der Waals surface area contributed by atoms with Crippen LogP contribution in [0.15, 0.2) is 25.2 Å². The van der Waals surface area contributed by atoms with Crippen LogP contribution in [0.1, 0.15) is 0 Å². The monoisotopic (exact) mass is 316 g/mol. The molecular weight excluding hydrogens is 304 g/mol. The van der Waals surface area contributed by atoms with Crippen LogP contribution in [0.5, 0.6) is 0 Å². The second-order valence-corrected chi connectivity index (χ2v) is 5.23. The van der Waals surface area contributed by atoms with Gasteiger partial charge in [0.2, 0.25) is 0 Å². The molecule has 4 rings (SSSR count). The molecule has 3 aromatic heterocycles. The minimum absolute atomic E-state index is 0.317. The van der Waals surface area contributed by atoms with Crippen LogP contribution in [-0.2, 0) is 6.54 Å². The van der Waals surface area contributed by atoms with Gasteiger partial charge in [-0.3, -0.25) is 0 Å². The lowest BCUT2D eigenvalue weighted by atomic mass is 10.4. The summed E-state index contributed by atoms with van der Waals surface area (Å²) in [4.78, 5) is 21.1. The van der Waals surface area contributed by atoms with Crippen LogP contribution < -0.4 is 10.2 Å². The first-order valence-electron chi connectivity index (χ1n) is 6.61. The Hall–Kier alpha value is -2.59. The van der Waals surface area contributed by atoms with Gasteiger partial charge in [-0.1, -0.05) is 12.2 Å². The first-order valence-corrected chi connectivity index (χ1v) is 7.02. The summed E-state index contributed by atoms with van der Waals surface area (Å²) in [5.74, 6) is 0.728. The van der Waals surface area contributed by atoms with E-state index in [1.165, 1.54) is 12.7 Å². The van der Waals surface area contributed by atoms with Gasteiger partial charge in [0.1, 0.15) is 29.6 Å². The number of nitrogens with one attached hydrogen (secondary N) is 2. The number of aliphatic hydroxyl groups is 1. The number of fused-ring (bicyclic) bond motifs is 2. The molecule has 1 atom stereocenters. The average molecular weight is 316 g/mol. The standard InChI is InChI=1S/C12H12N8OS/c21-8(2-19-5-17-7-1-13-3-14-10(7)19)20-6-18-9-11(20)15-4-16-12(9)22/h1,3-5,8,18,21H,2,6H2,(H,15,16,22). The van der Waals surface area contributed by atoms with E-state index in [9.17, 15) is 5.11 Å². The van der Waals surface area contributed by atoms with Crippen LogP contribution >= 0.6 is 12.2 Å². The Morgan fingerprint density at radius 3 is 3.18 bits per heavy atom. The highest BCUT2D eigenvalue weighted by atomic mass is 32.1. The van der Waals surface area contributed by atoms with Crippen LogP contribution in [-0.4, -0.2) is 47.5 Å². The summed E-state index contributed by atoms with van der Waals surface area (Å²) in [6.45, 7) is 0.765. The van der Waals surface area contributed by atoms with Gasteiger partial charge in [0.25, 0.3) is 0 Å². The largest absolute Gasteiger partial charge is 0.372 e. The third-order valence-corrected chi connectivity index (χ3v) is 3.86. The maximum atomic E-state index is 10.5. The van der Waals surface area contributed by atoms with E-state index in [-0.39, 0.29) is 0 Å². The van der Waals surface area contributed by atoms with Crippen LogP contribution in [0.4, 0.5) is 11.5 Å². The van der Waals surface area contributed by atoms with Crippen LogP contribution in [0.3, 0.4) is 0 Å². The molecule has 1 aliphatic rings. The van der Waals surface area contributed by atoms with Gasteiger partial charge in [-0.15, -0.1) is 0 Å². The molecule has 0 saturated carbocycles. The number of rotatable bonds is 3. The molecule has 0 spiro atoms. The van der Waals surface area contributed by atoms with Crippen molar-refractivity contribution >= 4 is 34.9 Å². The van der Waals surface area contributed by atoms with Crippen molar-refractivity contribution in [3.63, 3.8) is 0 Å². The molecule has 4 heterocycles. The van der Waals surface area contributed by atoms with Gasteiger partial charge in [-0.25, -0.2) is 19.9 Å². The van der Waals surface area contributed by atoms with E-state index in [2.05, 4.69) is 30.2 Å². The second kappa shape index (κ2) is 5.00. The number of aromatic nitrogens is 6. The molecule has 10 heteroatoms. The van der Waals surface area contributed by atoms with Gasteiger partial charge in [0.15, 0.2) is 10.3 Å². The van der Waals surface area contributed by atoms with Crippen molar-refractivity contribution in [1.82, 2.24) is 29.5 Å². The minimum Gasteiger partial charge on any atom is -0.372 e. The number of aliphatic hydroxyl groups excluding tert-OH is 1. The maximum Gasteiger partial charge on any atom is 0.163 e. The summed E-state index contributed by atoms with van der Waals surface area (Å²) in [5.41, 5.74) is 2.11. The Labute approximate surface area is 129 Å². The molecule has 0 bridgehead atoms. The normalized spacial score (nSPS) is 14.9. The topological polar surface area (TPSA) is 108 Å². The van der Waals surface area contributed by atoms with Gasteiger partial charge in [0.05, 0.1) is 32.1 Å². The Morgan fingerprint density at radius 1 is 1.36 bits per heavy atom. The molecule has 22 heavy (non-hydrogen) atoms. The number of H-pyrrole nitrogens is 1. The fourth-order valence-corrected chi connectivity index (χ4v) is 2.72. The molecule has 0 saturated heterocycles. The first-order chi connectivity index (χ1) is 10.7. The molecule has 1 aliphatic heterocycles. The van der Waals surface area contributed by atoms with Crippen molar-refractivity contribution in [3.05, 3.63) is 29.8 Å². The zero-order valence-corrected chi connectivity index (χ0v) is 12.2. The van der Waals surface area contributed by atoms with Crippen LogP contribution in [0, 0.1) is 4.64 Å². The van der Waals surface area contributed by atoms with Gasteiger partial charge >= 0.3 is 0 Å². The fourth-order valence-electron chi connectivity index (χ4n) is 2.50. The predicted molar refractivity (Wildman–Crippen MR) is 81.7 cm³/mol. The lowest BCUT2D eigenvalue weighted by Crippen LogP contribution is -2.38. The molecule has 0 fully saturated rings. The SMILES string of the molecule is OC(Cn1cnc2cncnc21)N1CNc2c1[nH]cnc2=S. The van der Waals surface area contributed by atoms with E-state index in [1.54, 1.807) is 22.0 Å². The third-order valence-electron chi connectivity index (χ3n) is 3.55. The Bertz CT molecular complexity index is 890. The zero-order chi connectivity index (χ0) is 15.1. The molecule has 112 valence electrons. The van der Waals surface area contributed by atoms with Crippen molar-refractivity contribution in [2.75, 3.05) is 16.9 Å². The summed E-state index contributed by atoms with van der Waals surface area (Å²) in [7, 11) is 0. The van der Waals surface area contributed by atoms with Crippen molar-refractivity contribution in [2.45, 2.75) is 12.8 Å². The van der Waals surface area contributed by atoms with E-state index in [1.807, 2.05) is 0 Å². The van der Waals surface area contributed by atoms with Gasteiger partial charge in [-0.2, -0.15) is 0 Å². The fraction of sp³-hybridized carbons (Fsp3) is 0.250. The van der Waals surface area contributed by atoms with E-state index in [0.29, 0.717) is 29.0 Å². The highest BCUT2D eigenvalue weighted by Gasteiger charge is 2.26. The molecule has 9 nitrogen and oxygen atoms in total. The molecule has 0 radical (unpaired) electrons. The number of aromatic amines is 1. The molecule has 3 N–H and O–H groups in total. The number of anilines is 2. The van der Waals surface area contributed by atoms with E-state index < -0.39 is 6.23 Å². The maximum absolute atomic E-state index is 10.5. The van der Waals surface area contributed by atoms with Crippen molar-refractivity contribution < 1.29 is 5.11 Å². The van der Waals surface area contributed by atoms with Crippen LogP contribution in [0.2, 0.25) is 0 Å². The lowest BCUT2D eigenvalue weighted by Gasteiger charge is -2.24. The number of imidazole rings is 1.